The molecule has 16 heteroatoms. The van der Waals surface area contributed by atoms with Crippen molar-refractivity contribution in [1.29, 1.82) is 0 Å². The van der Waals surface area contributed by atoms with Crippen LogP contribution in [0.25, 0.3) is 22.5 Å². The third kappa shape index (κ3) is 6.74. The van der Waals surface area contributed by atoms with Crippen LogP contribution < -0.4 is 27.5 Å². The maximum absolute atomic E-state index is 13.9. The van der Waals surface area contributed by atoms with Crippen LogP contribution in [0.3, 0.4) is 0 Å². The first-order valence-electron chi connectivity index (χ1n) is 14.0. The molecule has 1 aliphatic heterocycles. The molecule has 2 unspecified atom stereocenters. The SMILES string of the molecule is CC1CCCC(n2cnc(-c3cc(Cl)ccc3N(N)/C=C(\N)C(F)(F)F)cc2=O)c2cccc(c2)-c2c(cnn2C(F)F)NC1=O. The van der Waals surface area contributed by atoms with Gasteiger partial charge in [0.15, 0.2) is 0 Å². The Morgan fingerprint density at radius 2 is 1.91 bits per heavy atom. The van der Waals surface area contributed by atoms with E-state index < -0.39 is 35.9 Å². The molecule has 0 saturated heterocycles. The fourth-order valence-electron chi connectivity index (χ4n) is 5.28. The number of allylic oxidation sites excluding steroid dienone is 1. The van der Waals surface area contributed by atoms with Crippen LogP contribution in [0.5, 0.6) is 0 Å². The predicted molar refractivity (Wildman–Crippen MR) is 163 cm³/mol. The van der Waals surface area contributed by atoms with Crippen molar-refractivity contribution in [3.05, 3.63) is 93.9 Å². The highest BCUT2D eigenvalue weighted by molar-refractivity contribution is 6.31. The summed E-state index contributed by atoms with van der Waals surface area (Å²) >= 11 is 6.18. The Kier molecular flexibility index (Phi) is 9.17. The summed E-state index contributed by atoms with van der Waals surface area (Å²) in [6.07, 6.45) is -0.508. The van der Waals surface area contributed by atoms with Gasteiger partial charge in [-0.15, -0.1) is 0 Å². The predicted octanol–water partition coefficient (Wildman–Crippen LogP) is 6.21. The van der Waals surface area contributed by atoms with Gasteiger partial charge in [-0.05, 0) is 42.7 Å². The Morgan fingerprint density at radius 1 is 1.15 bits per heavy atom. The van der Waals surface area contributed by atoms with Crippen molar-refractivity contribution in [1.82, 2.24) is 19.3 Å². The number of nitrogens with zero attached hydrogens (tertiary/aromatic N) is 5. The van der Waals surface area contributed by atoms with Crippen LogP contribution in [0, 0.1) is 5.92 Å². The third-order valence-corrected chi connectivity index (χ3v) is 7.87. The van der Waals surface area contributed by atoms with Gasteiger partial charge in [-0.1, -0.05) is 43.1 Å². The molecular formula is C30H28ClF5N8O2. The molecule has 242 valence electrons. The molecule has 10 nitrogen and oxygen atoms in total. The normalized spacial score (nSPS) is 17.6. The van der Waals surface area contributed by atoms with Gasteiger partial charge in [0, 0.05) is 34.3 Å². The average molecular weight is 663 g/mol. The van der Waals surface area contributed by atoms with Crippen molar-refractivity contribution >= 4 is 28.9 Å². The van der Waals surface area contributed by atoms with E-state index in [-0.39, 0.29) is 39.3 Å². The van der Waals surface area contributed by atoms with E-state index in [0.717, 1.165) is 0 Å². The number of fused-ring (bicyclic) bond motifs is 4. The van der Waals surface area contributed by atoms with Crippen molar-refractivity contribution in [2.24, 2.45) is 17.5 Å². The van der Waals surface area contributed by atoms with E-state index in [4.69, 9.17) is 23.2 Å². The van der Waals surface area contributed by atoms with Crippen molar-refractivity contribution in [3.63, 3.8) is 0 Å². The van der Waals surface area contributed by atoms with Gasteiger partial charge in [-0.2, -0.15) is 27.1 Å². The minimum atomic E-state index is -4.82. The second-order valence-electron chi connectivity index (χ2n) is 10.8. The number of hydrogen-bond donors (Lipinski definition) is 3. The molecule has 3 heterocycles. The van der Waals surface area contributed by atoms with E-state index in [1.807, 2.05) is 0 Å². The van der Waals surface area contributed by atoms with Crippen LogP contribution in [-0.2, 0) is 4.79 Å². The molecule has 1 aliphatic rings. The summed E-state index contributed by atoms with van der Waals surface area (Å²) < 4.78 is 68.9. The molecule has 0 radical (unpaired) electrons. The van der Waals surface area contributed by atoms with Gasteiger partial charge >= 0.3 is 12.7 Å². The zero-order valence-electron chi connectivity index (χ0n) is 24.2. The minimum absolute atomic E-state index is 0.0116. The number of benzene rings is 2. The smallest absolute Gasteiger partial charge is 0.393 e. The number of rotatable bonds is 5. The molecule has 2 aromatic carbocycles. The maximum atomic E-state index is 13.9. The highest BCUT2D eigenvalue weighted by Gasteiger charge is 2.32. The first-order valence-corrected chi connectivity index (χ1v) is 14.4. The third-order valence-electron chi connectivity index (χ3n) is 7.64. The van der Waals surface area contributed by atoms with Gasteiger partial charge in [-0.25, -0.2) is 15.5 Å². The van der Waals surface area contributed by atoms with Crippen molar-refractivity contribution in [2.75, 3.05) is 10.3 Å². The molecule has 46 heavy (non-hydrogen) atoms. The first kappa shape index (κ1) is 32.6. The van der Waals surface area contributed by atoms with E-state index >= 15 is 0 Å². The molecule has 4 aromatic rings. The molecule has 5 N–H and O–H groups in total. The Hall–Kier alpha value is -4.76. The number of nitrogens with two attached hydrogens (primary N) is 2. The molecule has 0 fully saturated rings. The summed E-state index contributed by atoms with van der Waals surface area (Å²) in [6.45, 7) is -1.26. The van der Waals surface area contributed by atoms with E-state index in [2.05, 4.69) is 15.4 Å². The summed E-state index contributed by atoms with van der Waals surface area (Å²) in [6, 6.07) is 11.4. The van der Waals surface area contributed by atoms with Crippen molar-refractivity contribution in [3.8, 4) is 22.5 Å². The summed E-state index contributed by atoms with van der Waals surface area (Å²) in [5.41, 5.74) is 4.56. The Morgan fingerprint density at radius 3 is 2.61 bits per heavy atom. The summed E-state index contributed by atoms with van der Waals surface area (Å²) in [5.74, 6) is 5.07. The number of halogens is 6. The number of carbonyl (C=O) groups is 1. The lowest BCUT2D eigenvalue weighted by Gasteiger charge is -2.23. The number of aromatic nitrogens is 4. The van der Waals surface area contributed by atoms with Crippen LogP contribution in [-0.4, -0.2) is 31.4 Å². The number of hydrogen-bond acceptors (Lipinski definition) is 7. The number of hydrazine groups is 1. The van der Waals surface area contributed by atoms with Gasteiger partial charge in [0.1, 0.15) is 5.70 Å². The number of carbonyl (C=O) groups excluding carboxylic acids is 1. The van der Waals surface area contributed by atoms with Crippen LogP contribution in [0.4, 0.5) is 33.3 Å². The topological polar surface area (TPSA) is 137 Å². The monoisotopic (exact) mass is 662 g/mol. The Labute approximate surface area is 264 Å². The molecule has 0 spiro atoms. The van der Waals surface area contributed by atoms with Crippen LogP contribution in [0.1, 0.15) is 44.3 Å². The zero-order chi connectivity index (χ0) is 33.3. The second-order valence-corrected chi connectivity index (χ2v) is 11.2. The Bertz CT molecular complexity index is 1860. The molecule has 2 bridgehead atoms. The fourth-order valence-corrected chi connectivity index (χ4v) is 5.45. The van der Waals surface area contributed by atoms with Gasteiger partial charge in [0.05, 0.1) is 41.3 Å². The average Bonchev–Trinajstić information content (AvgIpc) is 3.42. The molecule has 2 aromatic heterocycles. The lowest BCUT2D eigenvalue weighted by Crippen LogP contribution is -2.30. The minimum Gasteiger partial charge on any atom is -0.393 e. The molecule has 0 saturated carbocycles. The zero-order valence-corrected chi connectivity index (χ0v) is 24.9. The highest BCUT2D eigenvalue weighted by Crippen LogP contribution is 2.36. The second kappa shape index (κ2) is 12.9. The largest absolute Gasteiger partial charge is 0.432 e. The number of nitrogens with one attached hydrogen (secondary N) is 1. The molecule has 1 amide bonds. The van der Waals surface area contributed by atoms with Crippen molar-refractivity contribution < 1.29 is 26.7 Å². The van der Waals surface area contributed by atoms with Gasteiger partial charge in [-0.3, -0.25) is 19.2 Å². The van der Waals surface area contributed by atoms with Crippen molar-refractivity contribution in [2.45, 2.75) is 45.0 Å². The maximum Gasteiger partial charge on any atom is 0.432 e. The highest BCUT2D eigenvalue weighted by atomic mass is 35.5. The van der Waals surface area contributed by atoms with Crippen LogP contribution in [0.2, 0.25) is 5.02 Å². The van der Waals surface area contributed by atoms with Gasteiger partial charge < -0.3 is 11.1 Å². The van der Waals surface area contributed by atoms with E-state index in [9.17, 15) is 31.5 Å². The van der Waals surface area contributed by atoms with Gasteiger partial charge in [0.25, 0.3) is 5.56 Å². The Balaban J connectivity index is 1.59. The lowest BCUT2D eigenvalue weighted by molar-refractivity contribution is -0.119. The van der Waals surface area contributed by atoms with E-state index in [1.54, 1.807) is 31.2 Å². The molecule has 2 atom stereocenters. The summed E-state index contributed by atoms with van der Waals surface area (Å²) in [4.78, 5) is 31.0. The lowest BCUT2D eigenvalue weighted by atomic mass is 9.94. The van der Waals surface area contributed by atoms with Gasteiger partial charge in [0.2, 0.25) is 5.91 Å². The molecule has 5 rings (SSSR count). The standard InChI is InChI=1S/C30H28ClF5N8O2/c1-16-4-2-7-23(17-5-3-6-18(10-17)27-22(41-28(16)46)13-40-44(27)29(32)33)42-15-39-21(12-26(42)45)20-11-19(31)8-9-24(20)43(38)14-25(37)30(34,35)36/h3,5-6,8-16,23,29H,2,4,7,37-38H2,1H3,(H,41,46)/b25-14-. The summed E-state index contributed by atoms with van der Waals surface area (Å²) in [5, 5.41) is 7.37. The number of anilines is 2. The summed E-state index contributed by atoms with van der Waals surface area (Å²) in [7, 11) is 0. The first-order chi connectivity index (χ1) is 21.7. The number of alkyl halides is 5. The van der Waals surface area contributed by atoms with Crippen LogP contribution >= 0.6 is 11.6 Å². The van der Waals surface area contributed by atoms with Crippen LogP contribution in [0.15, 0.2) is 77.7 Å². The van der Waals surface area contributed by atoms with E-state index in [1.165, 1.54) is 41.4 Å². The quantitative estimate of drug-likeness (QED) is 0.131. The molecule has 0 aliphatic carbocycles. The fraction of sp³-hybridized carbons (Fsp3) is 0.267. The molecular weight excluding hydrogens is 635 g/mol. The van der Waals surface area contributed by atoms with E-state index in [0.29, 0.717) is 46.3 Å². The number of amides is 1.